The number of halogens is 1. The van der Waals surface area contributed by atoms with Crippen LogP contribution in [0.3, 0.4) is 0 Å². The van der Waals surface area contributed by atoms with E-state index in [9.17, 15) is 4.79 Å². The van der Waals surface area contributed by atoms with Gasteiger partial charge in [-0.15, -0.1) is 0 Å². The zero-order valence-corrected chi connectivity index (χ0v) is 16.3. The van der Waals surface area contributed by atoms with Crippen molar-refractivity contribution in [3.8, 4) is 5.75 Å². The molecule has 27 heavy (non-hydrogen) atoms. The number of benzene rings is 2. The quantitative estimate of drug-likeness (QED) is 0.419. The molecule has 3 rings (SSSR count). The average Bonchev–Trinajstić information content (AvgIpc) is 3.01. The topological polar surface area (TPSA) is 75.4 Å². The number of nitrogens with one attached hydrogen (secondary N) is 3. The van der Waals surface area contributed by atoms with E-state index < -0.39 is 5.97 Å². The van der Waals surface area contributed by atoms with Gasteiger partial charge in [-0.25, -0.2) is 4.79 Å². The van der Waals surface area contributed by atoms with Crippen molar-refractivity contribution >= 4 is 57.2 Å². The Morgan fingerprint density at radius 2 is 1.93 bits per heavy atom. The molecule has 0 aliphatic heterocycles. The number of aromatic amines is 1. The SMILES string of the molecule is CCOC(=O)c1[nH]c2ccc(OC)cc2c1NC(=S)Nc1ccc(Cl)cc1. The minimum atomic E-state index is -0.468. The van der Waals surface area contributed by atoms with Crippen molar-refractivity contribution in [3.63, 3.8) is 0 Å². The third-order valence-electron chi connectivity index (χ3n) is 3.83. The number of hydrogen-bond donors (Lipinski definition) is 3. The highest BCUT2D eigenvalue weighted by atomic mass is 35.5. The number of fused-ring (bicyclic) bond motifs is 1. The molecule has 0 fully saturated rings. The monoisotopic (exact) mass is 403 g/mol. The zero-order valence-electron chi connectivity index (χ0n) is 14.8. The lowest BCUT2D eigenvalue weighted by Crippen LogP contribution is -2.20. The molecule has 3 aromatic rings. The zero-order chi connectivity index (χ0) is 19.4. The van der Waals surface area contributed by atoms with Crippen LogP contribution < -0.4 is 15.4 Å². The number of carbonyl (C=O) groups is 1. The van der Waals surface area contributed by atoms with Gasteiger partial charge in [0.1, 0.15) is 11.4 Å². The summed E-state index contributed by atoms with van der Waals surface area (Å²) in [6.45, 7) is 2.02. The molecule has 0 atom stereocenters. The number of hydrogen-bond acceptors (Lipinski definition) is 4. The second-order valence-electron chi connectivity index (χ2n) is 5.59. The summed E-state index contributed by atoms with van der Waals surface area (Å²) in [7, 11) is 1.58. The van der Waals surface area contributed by atoms with Crippen LogP contribution >= 0.6 is 23.8 Å². The van der Waals surface area contributed by atoms with Crippen molar-refractivity contribution in [1.29, 1.82) is 0 Å². The normalized spacial score (nSPS) is 10.5. The number of carbonyl (C=O) groups excluding carboxylic acids is 1. The van der Waals surface area contributed by atoms with E-state index in [1.807, 2.05) is 18.2 Å². The Balaban J connectivity index is 1.94. The van der Waals surface area contributed by atoms with Crippen LogP contribution in [-0.4, -0.2) is 29.8 Å². The maximum Gasteiger partial charge on any atom is 0.356 e. The number of rotatable bonds is 5. The molecule has 0 radical (unpaired) electrons. The van der Waals surface area contributed by atoms with Gasteiger partial charge in [0.15, 0.2) is 5.11 Å². The summed E-state index contributed by atoms with van der Waals surface area (Å²) in [5.74, 6) is 0.195. The first-order valence-electron chi connectivity index (χ1n) is 8.22. The highest BCUT2D eigenvalue weighted by Gasteiger charge is 2.20. The lowest BCUT2D eigenvalue weighted by Gasteiger charge is -2.12. The van der Waals surface area contributed by atoms with Gasteiger partial charge in [-0.05, 0) is 61.6 Å². The summed E-state index contributed by atoms with van der Waals surface area (Å²) < 4.78 is 10.4. The summed E-state index contributed by atoms with van der Waals surface area (Å²) in [5.41, 5.74) is 2.34. The van der Waals surface area contributed by atoms with Crippen LogP contribution in [0.4, 0.5) is 11.4 Å². The maximum absolute atomic E-state index is 12.4. The van der Waals surface area contributed by atoms with Gasteiger partial charge in [0.05, 0.1) is 19.4 Å². The van der Waals surface area contributed by atoms with E-state index in [2.05, 4.69) is 15.6 Å². The van der Waals surface area contributed by atoms with Crippen molar-refractivity contribution in [1.82, 2.24) is 4.98 Å². The molecule has 0 bridgehead atoms. The molecule has 0 saturated carbocycles. The van der Waals surface area contributed by atoms with Crippen LogP contribution in [0.1, 0.15) is 17.4 Å². The molecule has 3 N–H and O–H groups in total. The number of anilines is 2. The van der Waals surface area contributed by atoms with Crippen molar-refractivity contribution in [2.24, 2.45) is 0 Å². The molecule has 0 unspecified atom stereocenters. The van der Waals surface area contributed by atoms with Gasteiger partial charge in [-0.3, -0.25) is 0 Å². The fourth-order valence-corrected chi connectivity index (χ4v) is 2.94. The molecule has 140 valence electrons. The minimum absolute atomic E-state index is 0.268. The van der Waals surface area contributed by atoms with Crippen molar-refractivity contribution in [2.75, 3.05) is 24.4 Å². The minimum Gasteiger partial charge on any atom is -0.497 e. The predicted octanol–water partition coefficient (Wildman–Crippen LogP) is 4.82. The lowest BCUT2D eigenvalue weighted by molar-refractivity contribution is 0.0522. The highest BCUT2D eigenvalue weighted by Crippen LogP contribution is 2.31. The summed E-state index contributed by atoms with van der Waals surface area (Å²) in [6, 6.07) is 12.6. The van der Waals surface area contributed by atoms with Gasteiger partial charge in [-0.2, -0.15) is 0 Å². The maximum atomic E-state index is 12.4. The standard InChI is InChI=1S/C19H18ClN3O3S/c1-3-26-18(24)17-16(14-10-13(25-2)8-9-15(14)22-17)23-19(27)21-12-6-4-11(20)5-7-12/h4-10,22H,3H2,1-2H3,(H2,21,23,27). The van der Waals surface area contributed by atoms with Crippen LogP contribution in [0.5, 0.6) is 5.75 Å². The summed E-state index contributed by atoms with van der Waals surface area (Å²) in [4.78, 5) is 15.4. The van der Waals surface area contributed by atoms with Crippen LogP contribution in [0.2, 0.25) is 5.02 Å². The molecule has 1 heterocycles. The van der Waals surface area contributed by atoms with E-state index in [1.165, 1.54) is 0 Å². The number of aromatic nitrogens is 1. The summed E-state index contributed by atoms with van der Waals surface area (Å²) >= 11 is 11.3. The van der Waals surface area contributed by atoms with Crippen molar-refractivity contribution in [3.05, 3.63) is 53.2 Å². The first-order valence-corrected chi connectivity index (χ1v) is 9.01. The Morgan fingerprint density at radius 1 is 1.19 bits per heavy atom. The Bertz CT molecular complexity index is 986. The summed E-state index contributed by atoms with van der Waals surface area (Å²) in [6.07, 6.45) is 0. The molecule has 8 heteroatoms. The predicted molar refractivity (Wildman–Crippen MR) is 112 cm³/mol. The van der Waals surface area contributed by atoms with Crippen LogP contribution in [0.25, 0.3) is 10.9 Å². The number of methoxy groups -OCH3 is 1. The van der Waals surface area contributed by atoms with Crippen molar-refractivity contribution < 1.29 is 14.3 Å². The molecule has 2 aromatic carbocycles. The number of H-pyrrole nitrogens is 1. The average molecular weight is 404 g/mol. The smallest absolute Gasteiger partial charge is 0.356 e. The van der Waals surface area contributed by atoms with Gasteiger partial charge in [0.2, 0.25) is 0 Å². The van der Waals surface area contributed by atoms with Gasteiger partial charge >= 0.3 is 5.97 Å². The molecule has 0 aliphatic rings. The van der Waals surface area contributed by atoms with E-state index in [0.717, 1.165) is 16.6 Å². The molecule has 0 saturated heterocycles. The second kappa shape index (κ2) is 8.28. The Morgan fingerprint density at radius 3 is 2.59 bits per heavy atom. The lowest BCUT2D eigenvalue weighted by atomic mass is 10.2. The fourth-order valence-electron chi connectivity index (χ4n) is 2.59. The van der Waals surface area contributed by atoms with E-state index in [-0.39, 0.29) is 6.61 Å². The molecule has 0 amide bonds. The van der Waals surface area contributed by atoms with Gasteiger partial charge in [0.25, 0.3) is 0 Å². The van der Waals surface area contributed by atoms with Gasteiger partial charge in [-0.1, -0.05) is 11.6 Å². The first kappa shape index (κ1) is 19.0. The first-order chi connectivity index (χ1) is 13.0. The Hall–Kier alpha value is -2.77. The molecular weight excluding hydrogens is 386 g/mol. The Kier molecular flexibility index (Phi) is 5.83. The number of thiocarbonyl (C=S) groups is 1. The second-order valence-corrected chi connectivity index (χ2v) is 6.44. The molecule has 6 nitrogen and oxygen atoms in total. The molecule has 0 spiro atoms. The van der Waals surface area contributed by atoms with Gasteiger partial charge in [0, 0.05) is 21.6 Å². The highest BCUT2D eigenvalue weighted by molar-refractivity contribution is 7.80. The summed E-state index contributed by atoms with van der Waals surface area (Å²) in [5, 5.41) is 7.87. The van der Waals surface area contributed by atoms with E-state index in [0.29, 0.717) is 27.3 Å². The number of ether oxygens (including phenoxy) is 2. The number of esters is 1. The van der Waals surface area contributed by atoms with E-state index in [4.69, 9.17) is 33.3 Å². The van der Waals surface area contributed by atoms with E-state index >= 15 is 0 Å². The molecular formula is C19H18ClN3O3S. The molecule has 1 aromatic heterocycles. The van der Waals surface area contributed by atoms with Crippen molar-refractivity contribution in [2.45, 2.75) is 6.92 Å². The third kappa shape index (κ3) is 4.32. The van der Waals surface area contributed by atoms with Crippen LogP contribution in [0.15, 0.2) is 42.5 Å². The van der Waals surface area contributed by atoms with Crippen LogP contribution in [-0.2, 0) is 4.74 Å². The van der Waals surface area contributed by atoms with Crippen LogP contribution in [0, 0.1) is 0 Å². The van der Waals surface area contributed by atoms with Gasteiger partial charge < -0.3 is 25.1 Å². The molecule has 0 aliphatic carbocycles. The fraction of sp³-hybridized carbons (Fsp3) is 0.158. The third-order valence-corrected chi connectivity index (χ3v) is 4.28. The largest absolute Gasteiger partial charge is 0.497 e. The van der Waals surface area contributed by atoms with E-state index in [1.54, 1.807) is 38.3 Å². The Labute approximate surface area is 166 Å².